The molecule has 20 heavy (non-hydrogen) atoms. The van der Waals surface area contributed by atoms with Crippen molar-refractivity contribution in [2.45, 2.75) is 32.2 Å². The van der Waals surface area contributed by atoms with Crippen LogP contribution in [0.4, 0.5) is 0 Å². The number of methoxy groups -OCH3 is 1. The summed E-state index contributed by atoms with van der Waals surface area (Å²) >= 11 is 0. The van der Waals surface area contributed by atoms with Gasteiger partial charge in [0.25, 0.3) is 0 Å². The monoisotopic (exact) mass is 277 g/mol. The van der Waals surface area contributed by atoms with Crippen LogP contribution in [0.2, 0.25) is 0 Å². The maximum Gasteiger partial charge on any atom is 0.305 e. The van der Waals surface area contributed by atoms with Crippen LogP contribution in [-0.4, -0.2) is 19.7 Å². The summed E-state index contributed by atoms with van der Waals surface area (Å²) < 4.78 is 10.0. The molecule has 0 radical (unpaired) electrons. The first-order chi connectivity index (χ1) is 9.71. The van der Waals surface area contributed by atoms with E-state index in [4.69, 9.17) is 15.0 Å². The molecule has 0 aromatic heterocycles. The Morgan fingerprint density at radius 2 is 2.30 bits per heavy atom. The zero-order valence-corrected chi connectivity index (χ0v) is 11.8. The first-order valence-electron chi connectivity index (χ1n) is 6.55. The Morgan fingerprint density at radius 1 is 1.50 bits per heavy atom. The fraction of sp³-hybridized carbons (Fsp3) is 0.500. The molecule has 0 aliphatic carbocycles. The smallest absolute Gasteiger partial charge is 0.305 e. The quantitative estimate of drug-likeness (QED) is 0.313. The molecule has 1 atom stereocenters. The molecule has 6 heteroatoms. The van der Waals surface area contributed by atoms with Crippen LogP contribution < -0.4 is 4.74 Å². The van der Waals surface area contributed by atoms with E-state index in [1.54, 1.807) is 14.0 Å². The van der Waals surface area contributed by atoms with Crippen LogP contribution in [-0.2, 0) is 9.53 Å². The third-order valence-corrected chi connectivity index (χ3v) is 2.83. The third-order valence-electron chi connectivity index (χ3n) is 2.83. The highest BCUT2D eigenvalue weighted by Gasteiger charge is 2.12. The van der Waals surface area contributed by atoms with E-state index >= 15 is 0 Å². The van der Waals surface area contributed by atoms with Gasteiger partial charge < -0.3 is 9.47 Å². The first-order valence-corrected chi connectivity index (χ1v) is 6.55. The Morgan fingerprint density at radius 3 is 2.95 bits per heavy atom. The molecule has 108 valence electrons. The maximum atomic E-state index is 11.3. The Bertz CT molecular complexity index is 484. The third kappa shape index (κ3) is 5.20. The van der Waals surface area contributed by atoms with Crippen LogP contribution in [0.3, 0.4) is 0 Å². The minimum absolute atomic E-state index is 0.224. The summed E-state index contributed by atoms with van der Waals surface area (Å²) in [6.07, 6.45) is 1.53. The van der Waals surface area contributed by atoms with Crippen molar-refractivity contribution in [2.75, 3.05) is 13.7 Å². The summed E-state index contributed by atoms with van der Waals surface area (Å²) in [4.78, 5) is 14.1. The average Bonchev–Trinajstić information content (AvgIpc) is 2.46. The number of benzene rings is 1. The van der Waals surface area contributed by atoms with Gasteiger partial charge in [0.2, 0.25) is 0 Å². The zero-order chi connectivity index (χ0) is 14.8. The molecule has 0 bridgehead atoms. The lowest BCUT2D eigenvalue weighted by Gasteiger charge is -2.12. The Kier molecular flexibility index (Phi) is 7.00. The molecule has 0 spiro atoms. The molecule has 0 amide bonds. The Hall–Kier alpha value is -2.20. The van der Waals surface area contributed by atoms with Crippen molar-refractivity contribution in [1.82, 2.24) is 0 Å². The summed E-state index contributed by atoms with van der Waals surface area (Å²) in [6, 6.07) is 7.09. The lowest BCUT2D eigenvalue weighted by Crippen LogP contribution is -2.04. The molecular formula is C14H19N3O3. The van der Waals surface area contributed by atoms with Crippen molar-refractivity contribution in [3.63, 3.8) is 0 Å². The number of rotatable bonds is 8. The van der Waals surface area contributed by atoms with Gasteiger partial charge in [-0.1, -0.05) is 17.2 Å². The van der Waals surface area contributed by atoms with E-state index in [2.05, 4.69) is 10.0 Å². The summed E-state index contributed by atoms with van der Waals surface area (Å²) in [6.45, 7) is 2.16. The zero-order valence-electron chi connectivity index (χ0n) is 11.8. The van der Waals surface area contributed by atoms with Crippen LogP contribution in [0, 0.1) is 0 Å². The van der Waals surface area contributed by atoms with Crippen LogP contribution in [0.5, 0.6) is 5.75 Å². The van der Waals surface area contributed by atoms with Gasteiger partial charge in [-0.2, -0.15) is 0 Å². The molecule has 0 saturated heterocycles. The second-order valence-corrected chi connectivity index (χ2v) is 4.19. The molecule has 0 heterocycles. The van der Waals surface area contributed by atoms with E-state index in [0.717, 1.165) is 5.56 Å². The van der Waals surface area contributed by atoms with Crippen molar-refractivity contribution in [3.8, 4) is 5.75 Å². The molecule has 1 unspecified atom stereocenters. The van der Waals surface area contributed by atoms with Gasteiger partial charge >= 0.3 is 5.97 Å². The van der Waals surface area contributed by atoms with Crippen LogP contribution >= 0.6 is 0 Å². The Balaban J connectivity index is 2.64. The van der Waals surface area contributed by atoms with Gasteiger partial charge in [-0.05, 0) is 43.0 Å². The van der Waals surface area contributed by atoms with Crippen molar-refractivity contribution < 1.29 is 14.3 Å². The number of hydrogen-bond donors (Lipinski definition) is 0. The van der Waals surface area contributed by atoms with Crippen LogP contribution in [0.15, 0.2) is 29.4 Å². The molecule has 1 aromatic carbocycles. The minimum Gasteiger partial charge on any atom is -0.497 e. The molecule has 0 N–H and O–H groups in total. The number of nitrogens with zero attached hydrogens (tertiary/aromatic N) is 3. The lowest BCUT2D eigenvalue weighted by atomic mass is 10.0. The van der Waals surface area contributed by atoms with Gasteiger partial charge in [0.1, 0.15) is 5.75 Å². The number of carbonyl (C=O) groups excluding carboxylic acids is 1. The maximum absolute atomic E-state index is 11.3. The number of hydrogen-bond acceptors (Lipinski definition) is 4. The molecule has 1 rings (SSSR count). The van der Waals surface area contributed by atoms with E-state index in [1.807, 2.05) is 24.3 Å². The lowest BCUT2D eigenvalue weighted by molar-refractivity contribution is -0.143. The molecule has 6 nitrogen and oxygen atoms in total. The van der Waals surface area contributed by atoms with E-state index in [-0.39, 0.29) is 12.0 Å². The molecular weight excluding hydrogens is 258 g/mol. The molecule has 0 fully saturated rings. The van der Waals surface area contributed by atoms with Gasteiger partial charge in [-0.25, -0.2) is 0 Å². The number of azide groups is 1. The molecule has 1 aromatic rings. The van der Waals surface area contributed by atoms with E-state index < -0.39 is 0 Å². The highest BCUT2D eigenvalue weighted by atomic mass is 16.5. The molecule has 0 aliphatic rings. The van der Waals surface area contributed by atoms with Gasteiger partial charge in [-0.15, -0.1) is 0 Å². The summed E-state index contributed by atoms with van der Waals surface area (Å²) in [5.74, 6) is 0.490. The SMILES string of the molecule is CCOC(=O)CCCC(N=[N+]=[N-])c1cccc(OC)c1. The topological polar surface area (TPSA) is 84.3 Å². The van der Waals surface area contributed by atoms with Crippen molar-refractivity contribution in [2.24, 2.45) is 5.11 Å². The number of esters is 1. The minimum atomic E-state index is -0.301. The molecule has 0 aliphatic heterocycles. The number of carbonyl (C=O) groups is 1. The second kappa shape index (κ2) is 8.82. The first kappa shape index (κ1) is 15.9. The fourth-order valence-electron chi connectivity index (χ4n) is 1.88. The van der Waals surface area contributed by atoms with Gasteiger partial charge in [0.05, 0.1) is 19.8 Å². The highest BCUT2D eigenvalue weighted by molar-refractivity contribution is 5.69. The van der Waals surface area contributed by atoms with Crippen molar-refractivity contribution >= 4 is 5.97 Å². The van der Waals surface area contributed by atoms with Crippen molar-refractivity contribution in [3.05, 3.63) is 40.3 Å². The fourth-order valence-corrected chi connectivity index (χ4v) is 1.88. The van der Waals surface area contributed by atoms with E-state index in [9.17, 15) is 4.79 Å². The largest absolute Gasteiger partial charge is 0.497 e. The van der Waals surface area contributed by atoms with E-state index in [0.29, 0.717) is 31.6 Å². The number of ether oxygens (including phenoxy) is 2. The average molecular weight is 277 g/mol. The van der Waals surface area contributed by atoms with Gasteiger partial charge in [0.15, 0.2) is 0 Å². The van der Waals surface area contributed by atoms with Gasteiger partial charge in [0, 0.05) is 11.3 Å². The summed E-state index contributed by atoms with van der Waals surface area (Å²) in [7, 11) is 1.59. The van der Waals surface area contributed by atoms with Crippen LogP contribution in [0.1, 0.15) is 37.8 Å². The predicted octanol–water partition coefficient (Wildman–Crippen LogP) is 3.78. The Labute approximate surface area is 118 Å². The normalized spacial score (nSPS) is 11.3. The van der Waals surface area contributed by atoms with Crippen LogP contribution in [0.25, 0.3) is 10.4 Å². The molecule has 0 saturated carbocycles. The van der Waals surface area contributed by atoms with Crippen molar-refractivity contribution in [1.29, 1.82) is 0 Å². The predicted molar refractivity (Wildman–Crippen MR) is 75.4 cm³/mol. The summed E-state index contributed by atoms with van der Waals surface area (Å²) in [5, 5.41) is 3.79. The summed E-state index contributed by atoms with van der Waals surface area (Å²) in [5.41, 5.74) is 9.53. The van der Waals surface area contributed by atoms with E-state index in [1.165, 1.54) is 0 Å². The highest BCUT2D eigenvalue weighted by Crippen LogP contribution is 2.26. The second-order valence-electron chi connectivity index (χ2n) is 4.19. The standard InChI is InChI=1S/C14H19N3O3/c1-3-20-14(18)9-5-8-13(16-17-15)11-6-4-7-12(10-11)19-2/h4,6-7,10,13H,3,5,8-9H2,1-2H3. The van der Waals surface area contributed by atoms with Gasteiger partial charge in [-0.3, -0.25) is 4.79 Å².